The number of methoxy groups -OCH3 is 1. The second-order valence-electron chi connectivity index (χ2n) is 6.57. The van der Waals surface area contributed by atoms with Gasteiger partial charge in [0.05, 0.1) is 7.11 Å². The van der Waals surface area contributed by atoms with Crippen LogP contribution in [0.5, 0.6) is 17.2 Å². The molecule has 0 aliphatic rings. The Labute approximate surface area is 169 Å². The Morgan fingerprint density at radius 3 is 2.00 bits per heavy atom. The van der Waals surface area contributed by atoms with E-state index < -0.39 is 6.16 Å². The molecule has 0 saturated heterocycles. The lowest BCUT2D eigenvalue weighted by molar-refractivity contribution is 0.152. The number of halogens is 1. The molecule has 0 bridgehead atoms. The van der Waals surface area contributed by atoms with Gasteiger partial charge in [-0.2, -0.15) is 0 Å². The van der Waals surface area contributed by atoms with Crippen LogP contribution >= 0.6 is 0 Å². The molecule has 150 valence electrons. The van der Waals surface area contributed by atoms with Crippen LogP contribution in [0.1, 0.15) is 25.3 Å². The third-order valence-electron chi connectivity index (χ3n) is 4.48. The average Bonchev–Trinajstić information content (AvgIpc) is 2.73. The molecule has 0 atom stereocenters. The highest BCUT2D eigenvalue weighted by atomic mass is 19.1. The predicted molar refractivity (Wildman–Crippen MR) is 110 cm³/mol. The minimum absolute atomic E-state index is 0.258. The SMILES string of the molecule is CCCCc1ccc(-c2ccc(OC(=O)Oc3ccc(OC)cc3)cc2)c(F)c1. The second-order valence-corrected chi connectivity index (χ2v) is 6.57. The maximum atomic E-state index is 14.5. The van der Waals surface area contributed by atoms with E-state index in [0.717, 1.165) is 24.8 Å². The molecule has 0 saturated carbocycles. The van der Waals surface area contributed by atoms with Crippen molar-refractivity contribution in [1.29, 1.82) is 0 Å². The van der Waals surface area contributed by atoms with Crippen molar-refractivity contribution in [2.75, 3.05) is 7.11 Å². The lowest BCUT2D eigenvalue weighted by atomic mass is 10.0. The van der Waals surface area contributed by atoms with Crippen LogP contribution < -0.4 is 14.2 Å². The molecule has 0 aliphatic carbocycles. The molecular formula is C24H23FO4. The minimum atomic E-state index is -0.852. The van der Waals surface area contributed by atoms with Gasteiger partial charge in [-0.05, 0) is 66.4 Å². The Kier molecular flexibility index (Phi) is 6.85. The molecule has 0 unspecified atom stereocenters. The van der Waals surface area contributed by atoms with Gasteiger partial charge in [0, 0.05) is 5.56 Å². The summed E-state index contributed by atoms with van der Waals surface area (Å²) in [5.74, 6) is 1.06. The van der Waals surface area contributed by atoms with Crippen molar-refractivity contribution in [3.63, 3.8) is 0 Å². The van der Waals surface area contributed by atoms with Crippen LogP contribution in [0.3, 0.4) is 0 Å². The number of ether oxygens (including phenoxy) is 3. The van der Waals surface area contributed by atoms with Gasteiger partial charge in [-0.1, -0.05) is 37.6 Å². The molecule has 0 fully saturated rings. The summed E-state index contributed by atoms with van der Waals surface area (Å²) >= 11 is 0. The molecule has 4 nitrogen and oxygen atoms in total. The Morgan fingerprint density at radius 1 is 0.862 bits per heavy atom. The van der Waals surface area contributed by atoms with Crippen LogP contribution in [0.4, 0.5) is 9.18 Å². The number of aryl methyl sites for hydroxylation is 1. The first kappa shape index (κ1) is 20.4. The van der Waals surface area contributed by atoms with E-state index >= 15 is 0 Å². The molecule has 3 rings (SSSR count). The topological polar surface area (TPSA) is 44.8 Å². The first-order valence-electron chi connectivity index (χ1n) is 9.51. The van der Waals surface area contributed by atoms with Crippen molar-refractivity contribution >= 4 is 6.16 Å². The highest BCUT2D eigenvalue weighted by molar-refractivity contribution is 5.69. The second kappa shape index (κ2) is 9.73. The van der Waals surface area contributed by atoms with Gasteiger partial charge in [-0.15, -0.1) is 0 Å². The molecule has 0 radical (unpaired) electrons. The van der Waals surface area contributed by atoms with Gasteiger partial charge in [0.1, 0.15) is 23.1 Å². The summed E-state index contributed by atoms with van der Waals surface area (Å²) in [4.78, 5) is 11.9. The van der Waals surface area contributed by atoms with Crippen LogP contribution in [-0.4, -0.2) is 13.3 Å². The molecule has 3 aromatic carbocycles. The predicted octanol–water partition coefficient (Wildman–Crippen LogP) is 6.42. The van der Waals surface area contributed by atoms with E-state index in [2.05, 4.69) is 6.92 Å². The Morgan fingerprint density at radius 2 is 1.45 bits per heavy atom. The van der Waals surface area contributed by atoms with Crippen LogP contribution in [0, 0.1) is 5.82 Å². The van der Waals surface area contributed by atoms with E-state index in [1.165, 1.54) is 0 Å². The number of hydrogen-bond acceptors (Lipinski definition) is 4. The lowest BCUT2D eigenvalue weighted by Crippen LogP contribution is -2.13. The maximum Gasteiger partial charge on any atom is 0.519 e. The quantitative estimate of drug-likeness (QED) is 0.342. The summed E-state index contributed by atoms with van der Waals surface area (Å²) in [5, 5.41) is 0. The van der Waals surface area contributed by atoms with Crippen molar-refractivity contribution in [1.82, 2.24) is 0 Å². The molecule has 0 N–H and O–H groups in total. The molecule has 3 aromatic rings. The Balaban J connectivity index is 1.63. The smallest absolute Gasteiger partial charge is 0.497 e. The fraction of sp³-hybridized carbons (Fsp3) is 0.208. The van der Waals surface area contributed by atoms with E-state index in [-0.39, 0.29) is 5.82 Å². The first-order valence-corrected chi connectivity index (χ1v) is 9.51. The third kappa shape index (κ3) is 5.57. The van der Waals surface area contributed by atoms with Gasteiger partial charge in [0.2, 0.25) is 0 Å². The Hall–Kier alpha value is -3.34. The number of carbonyl (C=O) groups excluding carboxylic acids is 1. The number of unbranched alkanes of at least 4 members (excludes halogenated alkanes) is 1. The monoisotopic (exact) mass is 394 g/mol. The summed E-state index contributed by atoms with van der Waals surface area (Å²) in [6.07, 6.45) is 2.13. The first-order chi connectivity index (χ1) is 14.1. The van der Waals surface area contributed by atoms with Crippen LogP contribution in [0.15, 0.2) is 66.7 Å². The maximum absolute atomic E-state index is 14.5. The van der Waals surface area contributed by atoms with Crippen LogP contribution in [0.25, 0.3) is 11.1 Å². The molecule has 0 aromatic heterocycles. The van der Waals surface area contributed by atoms with E-state index in [1.807, 2.05) is 6.07 Å². The van der Waals surface area contributed by atoms with Crippen molar-refractivity contribution in [2.45, 2.75) is 26.2 Å². The summed E-state index contributed by atoms with van der Waals surface area (Å²) in [5.41, 5.74) is 2.22. The molecule has 0 aliphatic heterocycles. The summed E-state index contributed by atoms with van der Waals surface area (Å²) in [6, 6.07) is 18.5. The van der Waals surface area contributed by atoms with Gasteiger partial charge in [0.15, 0.2) is 0 Å². The van der Waals surface area contributed by atoms with Gasteiger partial charge < -0.3 is 14.2 Å². The lowest BCUT2D eigenvalue weighted by Gasteiger charge is -2.09. The molecule has 29 heavy (non-hydrogen) atoms. The molecule has 5 heteroatoms. The van der Waals surface area contributed by atoms with Crippen molar-refractivity contribution < 1.29 is 23.4 Å². The summed E-state index contributed by atoms with van der Waals surface area (Å²) in [6.45, 7) is 2.11. The van der Waals surface area contributed by atoms with E-state index in [0.29, 0.717) is 28.4 Å². The fourth-order valence-electron chi connectivity index (χ4n) is 2.89. The zero-order valence-corrected chi connectivity index (χ0v) is 16.5. The highest BCUT2D eigenvalue weighted by Gasteiger charge is 2.10. The zero-order chi connectivity index (χ0) is 20.6. The summed E-state index contributed by atoms with van der Waals surface area (Å²) in [7, 11) is 1.56. The average molecular weight is 394 g/mol. The standard InChI is InChI=1S/C24H23FO4/c1-3-4-5-17-6-15-22(23(25)16-17)18-7-9-20(10-8-18)28-24(26)29-21-13-11-19(27-2)12-14-21/h6-16H,3-5H2,1-2H3. The van der Waals surface area contributed by atoms with Gasteiger partial charge in [-0.25, -0.2) is 9.18 Å². The number of carbonyl (C=O) groups is 1. The summed E-state index contributed by atoms with van der Waals surface area (Å²) < 4.78 is 29.8. The normalized spacial score (nSPS) is 10.4. The van der Waals surface area contributed by atoms with Crippen molar-refractivity contribution in [3.8, 4) is 28.4 Å². The van der Waals surface area contributed by atoms with Gasteiger partial charge in [0.25, 0.3) is 0 Å². The Bertz CT molecular complexity index is 950. The third-order valence-corrected chi connectivity index (χ3v) is 4.48. The molecule has 0 spiro atoms. The molecular weight excluding hydrogens is 371 g/mol. The van der Waals surface area contributed by atoms with E-state index in [9.17, 15) is 9.18 Å². The van der Waals surface area contributed by atoms with Crippen molar-refractivity contribution in [3.05, 3.63) is 78.1 Å². The largest absolute Gasteiger partial charge is 0.519 e. The van der Waals surface area contributed by atoms with E-state index in [4.69, 9.17) is 14.2 Å². The zero-order valence-electron chi connectivity index (χ0n) is 16.5. The van der Waals surface area contributed by atoms with Gasteiger partial charge in [-0.3, -0.25) is 0 Å². The van der Waals surface area contributed by atoms with Crippen LogP contribution in [-0.2, 0) is 6.42 Å². The van der Waals surface area contributed by atoms with Crippen LogP contribution in [0.2, 0.25) is 0 Å². The van der Waals surface area contributed by atoms with Gasteiger partial charge >= 0.3 is 6.16 Å². The molecule has 0 amide bonds. The van der Waals surface area contributed by atoms with Crippen molar-refractivity contribution in [2.24, 2.45) is 0 Å². The minimum Gasteiger partial charge on any atom is -0.497 e. The molecule has 0 heterocycles. The number of benzene rings is 3. The number of rotatable bonds is 7. The number of hydrogen-bond donors (Lipinski definition) is 0. The highest BCUT2D eigenvalue weighted by Crippen LogP contribution is 2.26. The van der Waals surface area contributed by atoms with E-state index in [1.54, 1.807) is 67.8 Å². The fourth-order valence-corrected chi connectivity index (χ4v) is 2.89.